The number of esters is 2. The van der Waals surface area contributed by atoms with Crippen molar-refractivity contribution < 1.29 is 47.6 Å². The summed E-state index contributed by atoms with van der Waals surface area (Å²) in [5.74, 6) is -2.15. The second-order valence-electron chi connectivity index (χ2n) is 15.8. The van der Waals surface area contributed by atoms with Crippen molar-refractivity contribution >= 4 is 17.8 Å². The highest BCUT2D eigenvalue weighted by molar-refractivity contribution is 5.90. The van der Waals surface area contributed by atoms with Crippen LogP contribution in [0.1, 0.15) is 80.1 Å². The van der Waals surface area contributed by atoms with Gasteiger partial charge in [-0.25, -0.2) is 9.59 Å². The minimum absolute atomic E-state index is 0.0397. The molecule has 4 aromatic rings. The average molecular weight is 792 g/mol. The molecule has 2 N–H and O–H groups in total. The van der Waals surface area contributed by atoms with Gasteiger partial charge in [-0.2, -0.15) is 5.26 Å². The second kappa shape index (κ2) is 15.3. The first-order valence-corrected chi connectivity index (χ1v) is 19.0. The predicted molar refractivity (Wildman–Crippen MR) is 207 cm³/mol. The van der Waals surface area contributed by atoms with E-state index in [0.29, 0.717) is 34.6 Å². The van der Waals surface area contributed by atoms with E-state index in [1.165, 1.54) is 57.7 Å². The summed E-state index contributed by atoms with van der Waals surface area (Å²) in [5, 5.41) is 24.9. The number of fused-ring (bicyclic) bond motifs is 4. The van der Waals surface area contributed by atoms with E-state index in [2.05, 4.69) is 10.3 Å². The van der Waals surface area contributed by atoms with E-state index in [4.69, 9.17) is 28.1 Å². The van der Waals surface area contributed by atoms with Crippen molar-refractivity contribution in [3.05, 3.63) is 106 Å². The SMILES string of the molecule is COc1ccc(CNC(=O)C2(C)C3C[C@H](OC(=O)c4ccc(C#N)cc4)[C@@]4(C)Oc5cc(-c6cccnc6)oc(=O)c5[C@H](O)C4[C@@]3(C)CC[C@@H]2OC(C)=O)c(OC)c1. The molecule has 2 fully saturated rings. The molecule has 0 spiro atoms. The summed E-state index contributed by atoms with van der Waals surface area (Å²) < 4.78 is 35.8. The van der Waals surface area contributed by atoms with Crippen molar-refractivity contribution in [3.63, 3.8) is 0 Å². The van der Waals surface area contributed by atoms with Crippen molar-refractivity contribution in [2.24, 2.45) is 22.7 Å². The number of nitrogens with zero attached hydrogens (tertiary/aromatic N) is 2. The molecule has 1 amide bonds. The second-order valence-corrected chi connectivity index (χ2v) is 15.8. The molecule has 1 aliphatic heterocycles. The van der Waals surface area contributed by atoms with Crippen LogP contribution in [0.5, 0.6) is 17.2 Å². The van der Waals surface area contributed by atoms with Gasteiger partial charge in [-0.3, -0.25) is 14.6 Å². The molecule has 14 heteroatoms. The van der Waals surface area contributed by atoms with Gasteiger partial charge in [0.2, 0.25) is 5.91 Å². The van der Waals surface area contributed by atoms with E-state index in [0.717, 1.165) is 0 Å². The van der Waals surface area contributed by atoms with E-state index < -0.39 is 70.1 Å². The lowest BCUT2D eigenvalue weighted by atomic mass is 9.42. The molecule has 8 atom stereocenters. The highest BCUT2D eigenvalue weighted by atomic mass is 16.6. The topological polar surface area (TPSA) is 197 Å². The van der Waals surface area contributed by atoms with Gasteiger partial charge in [0.1, 0.15) is 46.4 Å². The van der Waals surface area contributed by atoms with Gasteiger partial charge in [-0.05, 0) is 93.0 Å². The maximum Gasteiger partial charge on any atom is 0.345 e. The van der Waals surface area contributed by atoms with Gasteiger partial charge in [-0.15, -0.1) is 0 Å². The monoisotopic (exact) mass is 791 g/mol. The first-order valence-electron chi connectivity index (χ1n) is 19.0. The number of benzene rings is 2. The molecule has 2 saturated carbocycles. The number of aliphatic hydroxyl groups is 1. The minimum Gasteiger partial charge on any atom is -0.497 e. The van der Waals surface area contributed by atoms with Crippen LogP contribution in [-0.4, -0.2) is 60.0 Å². The van der Waals surface area contributed by atoms with E-state index in [9.17, 15) is 29.5 Å². The summed E-state index contributed by atoms with van der Waals surface area (Å²) in [5.41, 5.74) is -3.15. The molecule has 3 aliphatic rings. The van der Waals surface area contributed by atoms with Crippen LogP contribution < -0.4 is 25.2 Å². The number of aliphatic hydroxyl groups excluding tert-OH is 1. The van der Waals surface area contributed by atoms with Crippen LogP contribution in [0, 0.1) is 34.0 Å². The number of nitrogens with one attached hydrogen (secondary N) is 1. The Labute approximate surface area is 335 Å². The molecular weight excluding hydrogens is 746 g/mol. The molecule has 3 unspecified atom stereocenters. The van der Waals surface area contributed by atoms with Crippen molar-refractivity contribution in [2.45, 2.75) is 77.4 Å². The summed E-state index contributed by atoms with van der Waals surface area (Å²) in [6.07, 6.45) is 0.186. The number of rotatable bonds is 9. The molecule has 0 radical (unpaired) electrons. The summed E-state index contributed by atoms with van der Waals surface area (Å²) in [6, 6.07) is 18.1. The van der Waals surface area contributed by atoms with Crippen LogP contribution >= 0.6 is 0 Å². The maximum atomic E-state index is 14.9. The number of hydrogen-bond donors (Lipinski definition) is 2. The molecule has 2 aromatic heterocycles. The number of carbonyl (C=O) groups excluding carboxylic acids is 3. The maximum absolute atomic E-state index is 14.9. The van der Waals surface area contributed by atoms with E-state index in [1.54, 1.807) is 50.4 Å². The first-order chi connectivity index (χ1) is 27.7. The van der Waals surface area contributed by atoms with Gasteiger partial charge in [0, 0.05) is 55.0 Å². The lowest BCUT2D eigenvalue weighted by Gasteiger charge is -2.66. The van der Waals surface area contributed by atoms with E-state index in [-0.39, 0.29) is 42.0 Å². The fourth-order valence-electron chi connectivity index (χ4n) is 9.80. The Balaban J connectivity index is 1.34. The van der Waals surface area contributed by atoms with Gasteiger partial charge in [-0.1, -0.05) is 6.92 Å². The highest BCUT2D eigenvalue weighted by Gasteiger charge is 2.72. The molecule has 58 heavy (non-hydrogen) atoms. The first kappa shape index (κ1) is 40.0. The van der Waals surface area contributed by atoms with Crippen molar-refractivity contribution in [1.82, 2.24) is 10.3 Å². The number of ether oxygens (including phenoxy) is 5. The third-order valence-corrected chi connectivity index (χ3v) is 12.6. The number of aromatic nitrogens is 1. The Bertz CT molecular complexity index is 2340. The zero-order valence-corrected chi connectivity index (χ0v) is 33.1. The summed E-state index contributed by atoms with van der Waals surface area (Å²) in [6.45, 7) is 6.74. The fourth-order valence-corrected chi connectivity index (χ4v) is 9.80. The van der Waals surface area contributed by atoms with Gasteiger partial charge in [0.05, 0.1) is 42.9 Å². The van der Waals surface area contributed by atoms with Crippen molar-refractivity contribution in [1.29, 1.82) is 5.26 Å². The van der Waals surface area contributed by atoms with E-state index >= 15 is 0 Å². The fraction of sp³-hybridized carbons (Fsp3) is 0.409. The van der Waals surface area contributed by atoms with Gasteiger partial charge in [0.25, 0.3) is 0 Å². The minimum atomic E-state index is -1.50. The largest absolute Gasteiger partial charge is 0.497 e. The van der Waals surface area contributed by atoms with Crippen LogP contribution in [0.15, 0.2) is 82.3 Å². The molecule has 14 nitrogen and oxygen atoms in total. The van der Waals surface area contributed by atoms with Crippen LogP contribution in [-0.2, 0) is 25.6 Å². The molecule has 2 aromatic carbocycles. The van der Waals surface area contributed by atoms with Gasteiger partial charge in [0.15, 0.2) is 0 Å². The number of hydrogen-bond acceptors (Lipinski definition) is 13. The van der Waals surface area contributed by atoms with Crippen LogP contribution in [0.3, 0.4) is 0 Å². The quantitative estimate of drug-likeness (QED) is 0.196. The Morgan fingerprint density at radius 2 is 1.78 bits per heavy atom. The Kier molecular flexibility index (Phi) is 10.5. The molecule has 302 valence electrons. The predicted octanol–water partition coefficient (Wildman–Crippen LogP) is 5.69. The number of pyridine rings is 1. The van der Waals surface area contributed by atoms with Crippen LogP contribution in [0.4, 0.5) is 0 Å². The van der Waals surface area contributed by atoms with E-state index in [1.807, 2.05) is 13.0 Å². The molecule has 0 saturated heterocycles. The zero-order valence-electron chi connectivity index (χ0n) is 33.1. The number of carbonyl (C=O) groups is 3. The molecular formula is C44H45N3O11. The third-order valence-electron chi connectivity index (χ3n) is 12.6. The molecule has 3 heterocycles. The number of amides is 1. The molecule has 7 rings (SSSR count). The highest BCUT2D eigenvalue weighted by Crippen LogP contribution is 2.67. The third kappa shape index (κ3) is 6.72. The average Bonchev–Trinajstić information content (AvgIpc) is 3.21. The lowest BCUT2D eigenvalue weighted by Crippen LogP contribution is -2.72. The Morgan fingerprint density at radius 1 is 1.02 bits per heavy atom. The lowest BCUT2D eigenvalue weighted by molar-refractivity contribution is -0.258. The summed E-state index contributed by atoms with van der Waals surface area (Å²) in [7, 11) is 3.05. The van der Waals surface area contributed by atoms with Crippen molar-refractivity contribution in [3.8, 4) is 34.6 Å². The molecule has 2 aliphatic carbocycles. The summed E-state index contributed by atoms with van der Waals surface area (Å²) >= 11 is 0. The zero-order chi connectivity index (χ0) is 41.6. The van der Waals surface area contributed by atoms with Crippen LogP contribution in [0.25, 0.3) is 11.3 Å². The van der Waals surface area contributed by atoms with Gasteiger partial charge >= 0.3 is 17.6 Å². The molecule has 0 bridgehead atoms. The summed E-state index contributed by atoms with van der Waals surface area (Å²) in [4.78, 5) is 59.5. The van der Waals surface area contributed by atoms with Crippen molar-refractivity contribution in [2.75, 3.05) is 14.2 Å². The smallest absolute Gasteiger partial charge is 0.345 e. The van der Waals surface area contributed by atoms with Crippen LogP contribution in [0.2, 0.25) is 0 Å². The number of nitriles is 1. The van der Waals surface area contributed by atoms with Gasteiger partial charge < -0.3 is 38.5 Å². The normalized spacial score (nSPS) is 28.2. The Morgan fingerprint density at radius 3 is 2.43 bits per heavy atom. The standard InChI is InChI=1S/C44H45N3O11/c1-24(48)55-34-15-16-42(2)33(43(34,3)41(52)47-23-28-13-14-29(53-5)18-30(28)54-6)20-35(57-39(50)26-11-9-25(21-45)10-12-26)44(4)38(42)37(49)36-32(58-44)19-31(56-40(36)51)27-8-7-17-46-22-27/h7-14,17-19,22,33-35,37-38,49H,15-16,20,23H2,1-6H3,(H,47,52)/t33?,34-,35-,37-,38?,42-,43?,44+/m0/s1. The Hall–Kier alpha value is -6.20. The number of methoxy groups -OCH3 is 2.